The Bertz CT molecular complexity index is 870. The SMILES string of the molecule is CCn1c(SCc2ccc(Cl)c(Cl)c2)nnc1[C@@H](C)Oc1ccccc1. The van der Waals surface area contributed by atoms with Crippen LogP contribution in [0.5, 0.6) is 5.75 Å². The zero-order valence-corrected chi connectivity index (χ0v) is 16.9. The molecule has 0 bridgehead atoms. The van der Waals surface area contributed by atoms with E-state index in [1.807, 2.05) is 55.5 Å². The number of para-hydroxylation sites is 1. The Morgan fingerprint density at radius 1 is 1.08 bits per heavy atom. The summed E-state index contributed by atoms with van der Waals surface area (Å²) in [6.07, 6.45) is -0.191. The highest BCUT2D eigenvalue weighted by Gasteiger charge is 2.18. The quantitative estimate of drug-likeness (QED) is 0.447. The number of thioether (sulfide) groups is 1. The van der Waals surface area contributed by atoms with E-state index in [4.69, 9.17) is 27.9 Å². The third-order valence-corrected chi connectivity index (χ3v) is 5.61. The van der Waals surface area contributed by atoms with E-state index >= 15 is 0 Å². The average molecular weight is 408 g/mol. The maximum atomic E-state index is 6.09. The summed E-state index contributed by atoms with van der Waals surface area (Å²) in [5.41, 5.74) is 1.09. The second kappa shape index (κ2) is 8.80. The molecule has 1 heterocycles. The maximum absolute atomic E-state index is 6.09. The largest absolute Gasteiger partial charge is 0.483 e. The van der Waals surface area contributed by atoms with Crippen molar-refractivity contribution >= 4 is 35.0 Å². The number of ether oxygens (including phenoxy) is 1. The van der Waals surface area contributed by atoms with Gasteiger partial charge in [0.2, 0.25) is 0 Å². The molecule has 7 heteroatoms. The van der Waals surface area contributed by atoms with Gasteiger partial charge in [-0.25, -0.2) is 0 Å². The minimum absolute atomic E-state index is 0.191. The molecule has 1 atom stereocenters. The second-order valence-electron chi connectivity index (χ2n) is 5.70. The molecule has 4 nitrogen and oxygen atoms in total. The highest BCUT2D eigenvalue weighted by Crippen LogP contribution is 2.29. The molecular formula is C19H19Cl2N3OS. The summed E-state index contributed by atoms with van der Waals surface area (Å²) in [4.78, 5) is 0. The predicted molar refractivity (Wildman–Crippen MR) is 107 cm³/mol. The van der Waals surface area contributed by atoms with Crippen molar-refractivity contribution in [3.8, 4) is 5.75 Å². The van der Waals surface area contributed by atoms with Crippen LogP contribution >= 0.6 is 35.0 Å². The molecule has 0 spiro atoms. The zero-order chi connectivity index (χ0) is 18.5. The fourth-order valence-electron chi connectivity index (χ4n) is 2.54. The van der Waals surface area contributed by atoms with E-state index in [0.717, 1.165) is 34.6 Å². The Morgan fingerprint density at radius 2 is 1.85 bits per heavy atom. The van der Waals surface area contributed by atoms with Crippen LogP contribution in [0.15, 0.2) is 53.7 Å². The van der Waals surface area contributed by atoms with E-state index in [2.05, 4.69) is 21.7 Å². The molecule has 0 fully saturated rings. The van der Waals surface area contributed by atoms with Gasteiger partial charge in [0.25, 0.3) is 0 Å². The molecule has 0 saturated heterocycles. The third kappa shape index (κ3) is 4.53. The molecule has 26 heavy (non-hydrogen) atoms. The van der Waals surface area contributed by atoms with E-state index in [9.17, 15) is 0 Å². The number of nitrogens with zero attached hydrogens (tertiary/aromatic N) is 3. The van der Waals surface area contributed by atoms with Crippen molar-refractivity contribution in [1.29, 1.82) is 0 Å². The van der Waals surface area contributed by atoms with Crippen LogP contribution in [0.25, 0.3) is 0 Å². The van der Waals surface area contributed by atoms with Crippen LogP contribution in [0.3, 0.4) is 0 Å². The lowest BCUT2D eigenvalue weighted by Gasteiger charge is -2.15. The number of aromatic nitrogens is 3. The van der Waals surface area contributed by atoms with Crippen molar-refractivity contribution in [2.75, 3.05) is 0 Å². The highest BCUT2D eigenvalue weighted by molar-refractivity contribution is 7.98. The van der Waals surface area contributed by atoms with Gasteiger partial charge in [-0.2, -0.15) is 0 Å². The lowest BCUT2D eigenvalue weighted by Crippen LogP contribution is -2.11. The van der Waals surface area contributed by atoms with Crippen molar-refractivity contribution in [2.45, 2.75) is 37.4 Å². The first kappa shape index (κ1) is 19.1. The van der Waals surface area contributed by atoms with Gasteiger partial charge in [-0.15, -0.1) is 10.2 Å². The van der Waals surface area contributed by atoms with Crippen LogP contribution in [0.2, 0.25) is 10.0 Å². The Kier molecular flexibility index (Phi) is 6.46. The highest BCUT2D eigenvalue weighted by atomic mass is 35.5. The van der Waals surface area contributed by atoms with E-state index in [1.54, 1.807) is 11.8 Å². The van der Waals surface area contributed by atoms with Gasteiger partial charge in [-0.1, -0.05) is 59.2 Å². The van der Waals surface area contributed by atoms with Gasteiger partial charge in [0.05, 0.1) is 10.0 Å². The molecule has 3 aromatic rings. The Labute approximate surface area is 167 Å². The average Bonchev–Trinajstić information content (AvgIpc) is 3.06. The number of hydrogen-bond acceptors (Lipinski definition) is 4. The van der Waals surface area contributed by atoms with Crippen molar-refractivity contribution in [3.05, 3.63) is 70.0 Å². The van der Waals surface area contributed by atoms with Crippen molar-refractivity contribution < 1.29 is 4.74 Å². The first-order chi connectivity index (χ1) is 12.6. The molecular weight excluding hydrogens is 389 g/mol. The summed E-state index contributed by atoms with van der Waals surface area (Å²) < 4.78 is 8.06. The molecule has 0 unspecified atom stereocenters. The summed E-state index contributed by atoms with van der Waals surface area (Å²) in [7, 11) is 0. The van der Waals surface area contributed by atoms with Crippen LogP contribution in [0, 0.1) is 0 Å². The number of hydrogen-bond donors (Lipinski definition) is 0. The van der Waals surface area contributed by atoms with Gasteiger partial charge in [0.1, 0.15) is 5.75 Å². The van der Waals surface area contributed by atoms with Gasteiger partial charge in [0.15, 0.2) is 17.1 Å². The maximum Gasteiger partial charge on any atom is 0.191 e. The lowest BCUT2D eigenvalue weighted by atomic mass is 10.2. The molecule has 1 aromatic heterocycles. The molecule has 0 aliphatic carbocycles. The Hall–Kier alpha value is -1.69. The van der Waals surface area contributed by atoms with Crippen molar-refractivity contribution in [1.82, 2.24) is 14.8 Å². The van der Waals surface area contributed by atoms with Gasteiger partial charge >= 0.3 is 0 Å². The number of rotatable bonds is 7. The zero-order valence-electron chi connectivity index (χ0n) is 14.5. The second-order valence-corrected chi connectivity index (χ2v) is 7.45. The normalized spacial score (nSPS) is 12.2. The molecule has 136 valence electrons. The predicted octanol–water partition coefficient (Wildman–Crippen LogP) is 6.04. The molecule has 0 aliphatic rings. The topological polar surface area (TPSA) is 39.9 Å². The van der Waals surface area contributed by atoms with Crippen LogP contribution in [0.4, 0.5) is 0 Å². The van der Waals surface area contributed by atoms with E-state index in [-0.39, 0.29) is 6.10 Å². The summed E-state index contributed by atoms with van der Waals surface area (Å²) in [5, 5.41) is 10.7. The van der Waals surface area contributed by atoms with Crippen LogP contribution < -0.4 is 4.74 Å². The van der Waals surface area contributed by atoms with Crippen LogP contribution in [0.1, 0.15) is 31.3 Å². The van der Waals surface area contributed by atoms with Gasteiger partial charge in [-0.05, 0) is 43.7 Å². The van der Waals surface area contributed by atoms with Gasteiger partial charge < -0.3 is 9.30 Å². The minimum Gasteiger partial charge on any atom is -0.483 e. The first-order valence-electron chi connectivity index (χ1n) is 8.30. The molecule has 3 rings (SSSR count). The van der Waals surface area contributed by atoms with Crippen LogP contribution in [-0.4, -0.2) is 14.8 Å². The Balaban J connectivity index is 1.72. The lowest BCUT2D eigenvalue weighted by molar-refractivity contribution is 0.210. The van der Waals surface area contributed by atoms with Gasteiger partial charge in [0, 0.05) is 12.3 Å². The fraction of sp³-hybridized carbons (Fsp3) is 0.263. The van der Waals surface area contributed by atoms with Crippen LogP contribution in [-0.2, 0) is 12.3 Å². The Morgan fingerprint density at radius 3 is 2.54 bits per heavy atom. The summed E-state index contributed by atoms with van der Waals surface area (Å²) in [6.45, 7) is 4.83. The number of halogens is 2. The summed E-state index contributed by atoms with van der Waals surface area (Å²) in [5.74, 6) is 2.37. The van der Waals surface area contributed by atoms with E-state index < -0.39 is 0 Å². The number of benzene rings is 2. The molecule has 2 aromatic carbocycles. The molecule has 0 amide bonds. The summed E-state index contributed by atoms with van der Waals surface area (Å²) in [6, 6.07) is 15.4. The first-order valence-corrected chi connectivity index (χ1v) is 10.0. The van der Waals surface area contributed by atoms with Crippen molar-refractivity contribution in [3.63, 3.8) is 0 Å². The molecule has 0 N–H and O–H groups in total. The monoisotopic (exact) mass is 407 g/mol. The molecule has 0 radical (unpaired) electrons. The van der Waals surface area contributed by atoms with E-state index in [1.165, 1.54) is 0 Å². The fourth-order valence-corrected chi connectivity index (χ4v) is 3.81. The van der Waals surface area contributed by atoms with Gasteiger partial charge in [-0.3, -0.25) is 0 Å². The standard InChI is InChI=1S/C19H19Cl2N3OS/c1-3-24-18(13(2)25-15-7-5-4-6-8-15)22-23-19(24)26-12-14-9-10-16(20)17(21)11-14/h4-11,13H,3,12H2,1-2H3/t13-/m1/s1. The van der Waals surface area contributed by atoms with E-state index in [0.29, 0.717) is 10.0 Å². The molecule has 0 saturated carbocycles. The minimum atomic E-state index is -0.191. The third-order valence-electron chi connectivity index (χ3n) is 3.83. The summed E-state index contributed by atoms with van der Waals surface area (Å²) >= 11 is 13.7. The van der Waals surface area contributed by atoms with Crippen molar-refractivity contribution in [2.24, 2.45) is 0 Å². The smallest absolute Gasteiger partial charge is 0.191 e. The molecule has 0 aliphatic heterocycles.